The number of esters is 1. The number of fused-ring (bicyclic) bond motifs is 2. The van der Waals surface area contributed by atoms with E-state index < -0.39 is 12.1 Å². The lowest BCUT2D eigenvalue weighted by atomic mass is 10.1. The van der Waals surface area contributed by atoms with Crippen molar-refractivity contribution in [3.63, 3.8) is 0 Å². The molecule has 2 aromatic rings. The number of hydrogen-bond donors (Lipinski definition) is 0. The molecule has 2 aliphatic rings. The molecule has 0 saturated carbocycles. The number of hydrogen-bond acceptors (Lipinski definition) is 6. The van der Waals surface area contributed by atoms with Gasteiger partial charge >= 0.3 is 5.97 Å². The van der Waals surface area contributed by atoms with Crippen molar-refractivity contribution in [3.8, 4) is 17.2 Å². The van der Waals surface area contributed by atoms with Crippen LogP contribution >= 0.6 is 0 Å². The third-order valence-corrected chi connectivity index (χ3v) is 5.35. The minimum absolute atomic E-state index is 0.0202. The highest BCUT2D eigenvalue weighted by molar-refractivity contribution is 6.00. The monoisotopic (exact) mass is 423 g/mol. The third kappa shape index (κ3) is 4.21. The van der Waals surface area contributed by atoms with Crippen LogP contribution in [0.25, 0.3) is 6.08 Å². The van der Waals surface area contributed by atoms with Crippen LogP contribution in [0, 0.1) is 0 Å². The zero-order valence-corrected chi connectivity index (χ0v) is 17.8. The van der Waals surface area contributed by atoms with Crippen LogP contribution in [0.4, 0.5) is 5.69 Å². The van der Waals surface area contributed by atoms with E-state index in [0.29, 0.717) is 36.0 Å². The van der Waals surface area contributed by atoms with Crippen molar-refractivity contribution in [2.75, 3.05) is 25.2 Å². The molecule has 2 aliphatic heterocycles. The molecule has 0 saturated heterocycles. The Kier molecular flexibility index (Phi) is 5.84. The summed E-state index contributed by atoms with van der Waals surface area (Å²) >= 11 is 0. The van der Waals surface area contributed by atoms with E-state index in [-0.39, 0.29) is 11.9 Å². The van der Waals surface area contributed by atoms with Gasteiger partial charge in [-0.15, -0.1) is 0 Å². The average molecular weight is 423 g/mol. The molecule has 0 fully saturated rings. The van der Waals surface area contributed by atoms with Gasteiger partial charge in [0.05, 0.1) is 7.11 Å². The van der Waals surface area contributed by atoms with Crippen LogP contribution < -0.4 is 19.1 Å². The lowest BCUT2D eigenvalue weighted by Gasteiger charge is -2.25. The third-order valence-electron chi connectivity index (χ3n) is 5.35. The van der Waals surface area contributed by atoms with Gasteiger partial charge in [-0.05, 0) is 55.7 Å². The topological polar surface area (TPSA) is 74.3 Å². The van der Waals surface area contributed by atoms with Crippen molar-refractivity contribution < 1.29 is 28.5 Å². The molecule has 0 aromatic heterocycles. The van der Waals surface area contributed by atoms with Gasteiger partial charge in [-0.25, -0.2) is 4.79 Å². The molecule has 2 atom stereocenters. The quantitative estimate of drug-likeness (QED) is 0.542. The first-order chi connectivity index (χ1) is 15.0. The Morgan fingerprint density at radius 3 is 2.77 bits per heavy atom. The van der Waals surface area contributed by atoms with E-state index in [2.05, 4.69) is 0 Å². The molecule has 7 heteroatoms. The first kappa shape index (κ1) is 20.8. The van der Waals surface area contributed by atoms with Crippen LogP contribution in [0.3, 0.4) is 0 Å². The predicted molar refractivity (Wildman–Crippen MR) is 116 cm³/mol. The van der Waals surface area contributed by atoms with Gasteiger partial charge in [0.25, 0.3) is 5.91 Å². The molecule has 162 valence electrons. The van der Waals surface area contributed by atoms with Crippen molar-refractivity contribution in [3.05, 3.63) is 53.6 Å². The zero-order valence-electron chi connectivity index (χ0n) is 17.8. The smallest absolute Gasteiger partial charge is 0.331 e. The second-order valence-electron chi connectivity index (χ2n) is 7.55. The average Bonchev–Trinajstić information content (AvgIpc) is 3.12. The molecular weight excluding hydrogens is 398 g/mol. The van der Waals surface area contributed by atoms with Gasteiger partial charge in [0.2, 0.25) is 5.75 Å². The molecule has 31 heavy (non-hydrogen) atoms. The second kappa shape index (κ2) is 8.71. The summed E-state index contributed by atoms with van der Waals surface area (Å²) in [5, 5.41) is 0. The van der Waals surface area contributed by atoms with Gasteiger partial charge < -0.3 is 23.8 Å². The molecule has 2 heterocycles. The summed E-state index contributed by atoms with van der Waals surface area (Å²) < 4.78 is 21.9. The molecule has 0 aliphatic carbocycles. The fourth-order valence-electron chi connectivity index (χ4n) is 3.92. The summed E-state index contributed by atoms with van der Waals surface area (Å²) in [5.74, 6) is 0.794. The Labute approximate surface area is 181 Å². The molecular formula is C24H25NO6. The number of ether oxygens (including phenoxy) is 4. The van der Waals surface area contributed by atoms with Crippen molar-refractivity contribution >= 4 is 23.6 Å². The molecule has 4 rings (SSSR count). The Morgan fingerprint density at radius 2 is 1.97 bits per heavy atom. The molecule has 0 radical (unpaired) electrons. The maximum Gasteiger partial charge on any atom is 0.331 e. The maximum absolute atomic E-state index is 12.9. The van der Waals surface area contributed by atoms with Crippen LogP contribution in [0.1, 0.15) is 25.0 Å². The first-order valence-electron chi connectivity index (χ1n) is 10.2. The molecule has 2 aromatic carbocycles. The Bertz CT molecular complexity index is 1010. The van der Waals surface area contributed by atoms with Gasteiger partial charge in [-0.3, -0.25) is 4.79 Å². The van der Waals surface area contributed by atoms with E-state index in [4.69, 9.17) is 18.9 Å². The van der Waals surface area contributed by atoms with E-state index in [9.17, 15) is 9.59 Å². The highest BCUT2D eigenvalue weighted by Gasteiger charge is 2.34. The van der Waals surface area contributed by atoms with E-state index in [1.807, 2.05) is 31.2 Å². The van der Waals surface area contributed by atoms with Crippen LogP contribution in [0.2, 0.25) is 0 Å². The summed E-state index contributed by atoms with van der Waals surface area (Å²) in [5.41, 5.74) is 2.69. The summed E-state index contributed by atoms with van der Waals surface area (Å²) in [7, 11) is 1.54. The summed E-state index contributed by atoms with van der Waals surface area (Å²) in [4.78, 5) is 27.0. The van der Waals surface area contributed by atoms with E-state index in [1.165, 1.54) is 6.08 Å². The van der Waals surface area contributed by atoms with Crippen molar-refractivity contribution in [1.29, 1.82) is 0 Å². The molecule has 0 bridgehead atoms. The Morgan fingerprint density at radius 1 is 1.19 bits per heavy atom. The van der Waals surface area contributed by atoms with Crippen molar-refractivity contribution in [1.82, 2.24) is 0 Å². The predicted octanol–water partition coefficient (Wildman–Crippen LogP) is 3.39. The molecule has 0 unspecified atom stereocenters. The molecule has 7 nitrogen and oxygen atoms in total. The number of rotatable bonds is 5. The zero-order chi connectivity index (χ0) is 22.0. The molecule has 0 spiro atoms. The summed E-state index contributed by atoms with van der Waals surface area (Å²) in [6, 6.07) is 11.3. The maximum atomic E-state index is 12.9. The van der Waals surface area contributed by atoms with Gasteiger partial charge in [0, 0.05) is 17.8 Å². The number of carbonyl (C=O) groups is 2. The van der Waals surface area contributed by atoms with Crippen LogP contribution in [-0.4, -0.2) is 44.3 Å². The fraction of sp³-hybridized carbons (Fsp3) is 0.333. The number of amides is 1. The van der Waals surface area contributed by atoms with Crippen molar-refractivity contribution in [2.45, 2.75) is 32.4 Å². The highest BCUT2D eigenvalue weighted by atomic mass is 16.6. The number of methoxy groups -OCH3 is 1. The number of para-hydroxylation sites is 1. The standard InChI is InChI=1S/C24H25NO6/c1-15-12-18-6-4-5-7-19(18)25(15)24(27)16(2)31-22(26)9-8-17-13-20(28-3)23-21(14-17)29-10-11-30-23/h4-9,13-16H,10-12H2,1-3H3/b9-8+/t15-,16-/m1/s1. The van der Waals surface area contributed by atoms with E-state index >= 15 is 0 Å². The van der Waals surface area contributed by atoms with Crippen LogP contribution in [0.15, 0.2) is 42.5 Å². The molecule has 1 amide bonds. The normalized spacial score (nSPS) is 17.9. The van der Waals surface area contributed by atoms with Gasteiger partial charge in [-0.2, -0.15) is 0 Å². The molecule has 0 N–H and O–H groups in total. The SMILES string of the molecule is COc1cc(/C=C/C(=O)O[C@H](C)C(=O)N2c3ccccc3C[C@H]2C)cc2c1OCCO2. The minimum Gasteiger partial charge on any atom is -0.493 e. The van der Waals surface area contributed by atoms with Crippen LogP contribution in [-0.2, 0) is 20.7 Å². The lowest BCUT2D eigenvalue weighted by molar-refractivity contribution is -0.149. The number of benzene rings is 2. The number of anilines is 1. The minimum atomic E-state index is -0.902. The van der Waals surface area contributed by atoms with E-state index in [0.717, 1.165) is 17.7 Å². The van der Waals surface area contributed by atoms with Gasteiger partial charge in [0.1, 0.15) is 13.2 Å². The van der Waals surface area contributed by atoms with Gasteiger partial charge in [0.15, 0.2) is 17.6 Å². The number of nitrogens with zero attached hydrogens (tertiary/aromatic N) is 1. The Hall–Kier alpha value is -3.48. The highest BCUT2D eigenvalue weighted by Crippen LogP contribution is 2.40. The van der Waals surface area contributed by atoms with Crippen molar-refractivity contribution in [2.24, 2.45) is 0 Å². The summed E-state index contributed by atoms with van der Waals surface area (Å²) in [6.45, 7) is 4.48. The second-order valence-corrected chi connectivity index (χ2v) is 7.55. The Balaban J connectivity index is 1.43. The van der Waals surface area contributed by atoms with Crippen LogP contribution in [0.5, 0.6) is 17.2 Å². The first-order valence-corrected chi connectivity index (χ1v) is 10.2. The largest absolute Gasteiger partial charge is 0.493 e. The van der Waals surface area contributed by atoms with Gasteiger partial charge in [-0.1, -0.05) is 18.2 Å². The number of carbonyl (C=O) groups excluding carboxylic acids is 2. The summed E-state index contributed by atoms with van der Waals surface area (Å²) in [6.07, 6.45) is 2.76. The fourth-order valence-corrected chi connectivity index (χ4v) is 3.92. The lowest BCUT2D eigenvalue weighted by Crippen LogP contribution is -2.43. The van der Waals surface area contributed by atoms with E-state index in [1.54, 1.807) is 37.1 Å².